The van der Waals surface area contributed by atoms with Crippen molar-refractivity contribution in [1.29, 1.82) is 0 Å². The molecule has 1 amide bonds. The Bertz CT molecular complexity index is 1550. The number of pyridine rings is 2. The fourth-order valence-corrected chi connectivity index (χ4v) is 4.83. The molecule has 0 aliphatic carbocycles. The number of amides is 1. The third-order valence-electron chi connectivity index (χ3n) is 5.84. The number of aryl methyl sites for hydroxylation is 1. The highest BCUT2D eigenvalue weighted by atomic mass is 79.9. The minimum atomic E-state index is -4.52. The molecule has 4 rings (SSSR count). The van der Waals surface area contributed by atoms with Gasteiger partial charge in [-0.3, -0.25) is 9.59 Å². The van der Waals surface area contributed by atoms with Crippen LogP contribution in [0, 0.1) is 5.82 Å². The summed E-state index contributed by atoms with van der Waals surface area (Å²) in [6.07, 6.45) is -6.99. The van der Waals surface area contributed by atoms with Gasteiger partial charge < -0.3 is 14.9 Å². The van der Waals surface area contributed by atoms with Gasteiger partial charge in [0.2, 0.25) is 12.3 Å². The van der Waals surface area contributed by atoms with Gasteiger partial charge in [-0.2, -0.15) is 13.2 Å². The highest BCUT2D eigenvalue weighted by Crippen LogP contribution is 2.36. The van der Waals surface area contributed by atoms with Crippen LogP contribution < -0.4 is 10.9 Å². The van der Waals surface area contributed by atoms with E-state index in [2.05, 4.69) is 31.2 Å². The van der Waals surface area contributed by atoms with Gasteiger partial charge in [-0.1, -0.05) is 12.1 Å². The summed E-state index contributed by atoms with van der Waals surface area (Å²) >= 11 is 3.30. The van der Waals surface area contributed by atoms with Crippen molar-refractivity contribution in [2.75, 3.05) is 5.32 Å². The highest BCUT2D eigenvalue weighted by Gasteiger charge is 2.31. The van der Waals surface area contributed by atoms with E-state index in [-0.39, 0.29) is 38.0 Å². The molecule has 3 aromatic heterocycles. The minimum Gasteiger partial charge on any atom is -0.353 e. The Morgan fingerprint density at radius 2 is 1.87 bits per heavy atom. The van der Waals surface area contributed by atoms with Crippen molar-refractivity contribution >= 4 is 38.6 Å². The Morgan fingerprint density at radius 1 is 1.18 bits per heavy atom. The summed E-state index contributed by atoms with van der Waals surface area (Å²) < 4.78 is 80.5. The van der Waals surface area contributed by atoms with Gasteiger partial charge in [0.25, 0.3) is 5.56 Å². The number of anilines is 1. The van der Waals surface area contributed by atoms with Gasteiger partial charge >= 0.3 is 6.18 Å². The topological polar surface area (TPSA) is 79.8 Å². The molecule has 0 saturated carbocycles. The van der Waals surface area contributed by atoms with Gasteiger partial charge in [-0.05, 0) is 45.8 Å². The van der Waals surface area contributed by atoms with Crippen LogP contribution in [0.2, 0.25) is 0 Å². The molecule has 2 N–H and O–H groups in total. The molecule has 0 saturated heterocycles. The van der Waals surface area contributed by atoms with Crippen molar-refractivity contribution in [3.63, 3.8) is 0 Å². The molecule has 0 radical (unpaired) electrons. The van der Waals surface area contributed by atoms with E-state index in [1.54, 1.807) is 0 Å². The van der Waals surface area contributed by atoms with Gasteiger partial charge in [0.05, 0.1) is 33.4 Å². The molecular formula is C25H19BrF6N4O2. The van der Waals surface area contributed by atoms with Crippen LogP contribution in [-0.2, 0) is 18.3 Å². The van der Waals surface area contributed by atoms with E-state index in [0.717, 1.165) is 22.9 Å². The second-order valence-corrected chi connectivity index (χ2v) is 9.37. The van der Waals surface area contributed by atoms with Crippen LogP contribution in [0.1, 0.15) is 23.5 Å². The second kappa shape index (κ2) is 10.6. The smallest absolute Gasteiger partial charge is 0.353 e. The zero-order valence-electron chi connectivity index (χ0n) is 19.5. The van der Waals surface area contributed by atoms with Gasteiger partial charge in [0, 0.05) is 37.0 Å². The molecular weight excluding hydrogens is 582 g/mol. The second-order valence-electron chi connectivity index (χ2n) is 8.58. The van der Waals surface area contributed by atoms with Crippen LogP contribution in [0.25, 0.3) is 22.2 Å². The van der Waals surface area contributed by atoms with Crippen LogP contribution in [0.4, 0.5) is 32.2 Å². The number of carbonyl (C=O) groups excluding carboxylic acids is 1. The molecule has 6 nitrogen and oxygen atoms in total. The number of nitrogens with zero attached hydrogens (tertiary/aromatic N) is 2. The lowest BCUT2D eigenvalue weighted by Crippen LogP contribution is -2.23. The summed E-state index contributed by atoms with van der Waals surface area (Å²) in [4.78, 5) is 32.5. The minimum absolute atomic E-state index is 0.00278. The zero-order chi connectivity index (χ0) is 27.8. The summed E-state index contributed by atoms with van der Waals surface area (Å²) in [6.45, 7) is 0. The SMILES string of the molecule is Cn1cc(CC(F)(F)F)c2[nH]c(-c3ccnc(NC(=O)C(CC(F)F)c4ccc(F)cc4)c3)c(Br)c2c1=O. The molecule has 0 aliphatic rings. The number of hydrogen-bond donors (Lipinski definition) is 2. The summed E-state index contributed by atoms with van der Waals surface area (Å²) in [5.41, 5.74) is 0.128. The number of halogens is 7. The van der Waals surface area contributed by atoms with E-state index < -0.39 is 48.6 Å². The van der Waals surface area contributed by atoms with Crippen molar-refractivity contribution in [3.8, 4) is 11.3 Å². The average molecular weight is 601 g/mol. The number of aromatic nitrogens is 3. The van der Waals surface area contributed by atoms with Crippen molar-refractivity contribution in [3.05, 3.63) is 80.6 Å². The van der Waals surface area contributed by atoms with E-state index in [1.807, 2.05) is 0 Å². The van der Waals surface area contributed by atoms with Crippen molar-refractivity contribution in [2.45, 2.75) is 31.4 Å². The monoisotopic (exact) mass is 600 g/mol. The summed E-state index contributed by atoms with van der Waals surface area (Å²) in [7, 11) is 1.35. The maximum absolute atomic E-state index is 13.3. The maximum Gasteiger partial charge on any atom is 0.393 e. The Morgan fingerprint density at radius 3 is 2.50 bits per heavy atom. The number of nitrogens with one attached hydrogen (secondary N) is 2. The fraction of sp³-hybridized carbons (Fsp3) is 0.240. The first kappa shape index (κ1) is 27.4. The standard InChI is InChI=1S/C25H19BrF6N4O2/c1-36-11-14(10-25(30,31)32)21-19(24(36)38)20(26)22(35-21)13-6-7-33-18(8-13)34-23(37)16(9-17(28)29)12-2-4-15(27)5-3-12/h2-8,11,16-17,35H,9-10H2,1H3,(H,33,34,37). The van der Waals surface area contributed by atoms with E-state index >= 15 is 0 Å². The molecule has 0 bridgehead atoms. The first-order valence-corrected chi connectivity index (χ1v) is 11.9. The van der Waals surface area contributed by atoms with Crippen LogP contribution in [0.5, 0.6) is 0 Å². The van der Waals surface area contributed by atoms with Gasteiger partial charge in [-0.25, -0.2) is 18.2 Å². The van der Waals surface area contributed by atoms with Crippen molar-refractivity contribution in [1.82, 2.24) is 14.5 Å². The first-order valence-electron chi connectivity index (χ1n) is 11.1. The lowest BCUT2D eigenvalue weighted by molar-refractivity contribution is -0.127. The lowest BCUT2D eigenvalue weighted by atomic mass is 9.95. The molecule has 1 unspecified atom stereocenters. The number of hydrogen-bond acceptors (Lipinski definition) is 3. The predicted molar refractivity (Wildman–Crippen MR) is 133 cm³/mol. The molecule has 13 heteroatoms. The number of benzene rings is 1. The maximum atomic E-state index is 13.3. The summed E-state index contributed by atoms with van der Waals surface area (Å²) in [6, 6.07) is 7.48. The third-order valence-corrected chi connectivity index (χ3v) is 6.63. The van der Waals surface area contributed by atoms with E-state index in [9.17, 15) is 35.9 Å². The molecule has 4 aromatic rings. The third kappa shape index (κ3) is 5.93. The fourth-order valence-electron chi connectivity index (χ4n) is 4.14. The Kier molecular flexibility index (Phi) is 7.68. The molecule has 1 aromatic carbocycles. The number of fused-ring (bicyclic) bond motifs is 1. The Labute approximate surface area is 219 Å². The van der Waals surface area contributed by atoms with Crippen LogP contribution in [-0.4, -0.2) is 33.0 Å². The Balaban J connectivity index is 1.71. The van der Waals surface area contributed by atoms with Gasteiger partial charge in [0.15, 0.2) is 0 Å². The van der Waals surface area contributed by atoms with Gasteiger partial charge in [0.1, 0.15) is 11.6 Å². The van der Waals surface area contributed by atoms with Crippen molar-refractivity contribution < 1.29 is 31.1 Å². The van der Waals surface area contributed by atoms with E-state index in [4.69, 9.17) is 0 Å². The van der Waals surface area contributed by atoms with E-state index in [0.29, 0.717) is 5.56 Å². The molecule has 0 spiro atoms. The average Bonchev–Trinajstić information content (AvgIpc) is 3.18. The summed E-state index contributed by atoms with van der Waals surface area (Å²) in [5.74, 6) is -2.72. The first-order chi connectivity index (χ1) is 17.8. The number of H-pyrrole nitrogens is 1. The van der Waals surface area contributed by atoms with E-state index in [1.165, 1.54) is 37.5 Å². The number of aromatic amines is 1. The Hall–Kier alpha value is -3.61. The highest BCUT2D eigenvalue weighted by molar-refractivity contribution is 9.10. The number of carbonyl (C=O) groups is 1. The van der Waals surface area contributed by atoms with Crippen LogP contribution in [0.15, 0.2) is 58.1 Å². The molecule has 1 atom stereocenters. The van der Waals surface area contributed by atoms with Crippen molar-refractivity contribution in [2.24, 2.45) is 7.05 Å². The number of rotatable bonds is 7. The molecule has 3 heterocycles. The van der Waals surface area contributed by atoms with Gasteiger partial charge in [-0.15, -0.1) is 0 Å². The zero-order valence-corrected chi connectivity index (χ0v) is 21.1. The predicted octanol–water partition coefficient (Wildman–Crippen LogP) is 6.31. The number of alkyl halides is 5. The molecule has 38 heavy (non-hydrogen) atoms. The molecule has 0 aliphatic heterocycles. The van der Waals surface area contributed by atoms with Crippen LogP contribution in [0.3, 0.4) is 0 Å². The summed E-state index contributed by atoms with van der Waals surface area (Å²) in [5, 5.41) is 2.48. The quantitative estimate of drug-likeness (QED) is 0.244. The normalized spacial score (nSPS) is 12.8. The largest absolute Gasteiger partial charge is 0.393 e. The molecule has 0 fully saturated rings. The molecule has 200 valence electrons. The lowest BCUT2D eigenvalue weighted by Gasteiger charge is -2.17. The van der Waals surface area contributed by atoms with Crippen LogP contribution >= 0.6 is 15.9 Å².